The van der Waals surface area contributed by atoms with Gasteiger partial charge in [-0.15, -0.1) is 0 Å². The summed E-state index contributed by atoms with van der Waals surface area (Å²) in [6.07, 6.45) is -29.0. The van der Waals surface area contributed by atoms with Crippen molar-refractivity contribution in [1.82, 2.24) is 0 Å². The molecule has 0 bridgehead atoms. The van der Waals surface area contributed by atoms with E-state index < -0.39 is 51.7 Å². The van der Waals surface area contributed by atoms with Crippen LogP contribution in [0.1, 0.15) is 0 Å². The van der Waals surface area contributed by atoms with Crippen molar-refractivity contribution in [1.29, 1.82) is 0 Å². The Morgan fingerprint density at radius 1 is 0.741 bits per heavy atom. The first-order valence-electron chi connectivity index (χ1n) is 5.23. The number of ether oxygens (including phenoxy) is 2. The standard InChI is InChI=1S/C7H2F12O7S/c8-2(9,1(20)21)25-5(14,15)3(10,4(11,12)13)26-6(16,17)7(18,19)27(22,23)24/h(H,20,21)(H,22,23,24). The summed E-state index contributed by atoms with van der Waals surface area (Å²) in [5.41, 5.74) is 0. The van der Waals surface area contributed by atoms with Crippen molar-refractivity contribution in [2.45, 2.75) is 35.6 Å². The van der Waals surface area contributed by atoms with Crippen molar-refractivity contribution in [2.75, 3.05) is 0 Å². The minimum atomic E-state index is -7.67. The Kier molecular flexibility index (Phi) is 6.14. The van der Waals surface area contributed by atoms with E-state index in [1.807, 2.05) is 0 Å². The number of aliphatic carboxylic acids is 1. The van der Waals surface area contributed by atoms with E-state index >= 15 is 0 Å². The van der Waals surface area contributed by atoms with Gasteiger partial charge in [0.15, 0.2) is 0 Å². The summed E-state index contributed by atoms with van der Waals surface area (Å²) >= 11 is 0. The topological polar surface area (TPSA) is 110 Å². The molecule has 1 unspecified atom stereocenters. The highest BCUT2D eigenvalue weighted by atomic mass is 32.2. The fourth-order valence-corrected chi connectivity index (χ4v) is 1.28. The molecular weight excluding hydrogens is 456 g/mol. The van der Waals surface area contributed by atoms with Crippen molar-refractivity contribution in [3.05, 3.63) is 0 Å². The van der Waals surface area contributed by atoms with Crippen LogP contribution < -0.4 is 0 Å². The molecule has 0 radical (unpaired) electrons. The molecule has 0 aliphatic rings. The third kappa shape index (κ3) is 4.48. The van der Waals surface area contributed by atoms with Crippen molar-refractivity contribution in [3.8, 4) is 0 Å². The number of halogens is 12. The summed E-state index contributed by atoms with van der Waals surface area (Å²) in [5.74, 6) is -11.5. The summed E-state index contributed by atoms with van der Waals surface area (Å²) in [5, 5.41) is 0.494. The monoisotopic (exact) mass is 458 g/mol. The van der Waals surface area contributed by atoms with Gasteiger partial charge in [-0.2, -0.15) is 61.1 Å². The molecule has 0 aromatic heterocycles. The Labute approximate surface area is 138 Å². The molecule has 162 valence electrons. The highest BCUT2D eigenvalue weighted by molar-refractivity contribution is 7.86. The van der Waals surface area contributed by atoms with Gasteiger partial charge in [-0.25, -0.2) is 9.53 Å². The Balaban J connectivity index is 6.41. The lowest BCUT2D eigenvalue weighted by Crippen LogP contribution is -2.65. The molecule has 0 aliphatic carbocycles. The molecule has 0 heterocycles. The second-order valence-corrected chi connectivity index (χ2v) is 5.61. The van der Waals surface area contributed by atoms with Crippen LogP contribution in [-0.2, 0) is 24.4 Å². The molecule has 0 amide bonds. The SMILES string of the molecule is O=C(O)C(F)(F)OC(F)(F)C(F)(OC(F)(F)C(F)(F)S(=O)(=O)O)C(F)(F)F. The van der Waals surface area contributed by atoms with Gasteiger partial charge in [-0.1, -0.05) is 0 Å². The molecule has 20 heteroatoms. The minimum Gasteiger partial charge on any atom is -0.475 e. The molecule has 0 aliphatic heterocycles. The van der Waals surface area contributed by atoms with Gasteiger partial charge in [-0.3, -0.25) is 9.29 Å². The number of carbonyl (C=O) groups is 1. The van der Waals surface area contributed by atoms with Crippen molar-refractivity contribution < 1.29 is 85.0 Å². The van der Waals surface area contributed by atoms with E-state index in [1.165, 1.54) is 4.74 Å². The summed E-state index contributed by atoms with van der Waals surface area (Å²) in [6, 6.07) is 0. The van der Waals surface area contributed by atoms with Crippen LogP contribution in [0, 0.1) is 0 Å². The Morgan fingerprint density at radius 2 is 1.11 bits per heavy atom. The summed E-state index contributed by atoms with van der Waals surface area (Å²) in [4.78, 5) is 9.82. The molecule has 0 fully saturated rings. The second-order valence-electron chi connectivity index (χ2n) is 4.14. The summed E-state index contributed by atoms with van der Waals surface area (Å²) in [7, 11) is -7.44. The molecule has 0 aromatic carbocycles. The lowest BCUT2D eigenvalue weighted by atomic mass is 10.2. The van der Waals surface area contributed by atoms with Gasteiger partial charge in [0.25, 0.3) is 0 Å². The van der Waals surface area contributed by atoms with Crippen molar-refractivity contribution in [3.63, 3.8) is 0 Å². The molecule has 0 saturated carbocycles. The number of rotatable bonds is 8. The van der Waals surface area contributed by atoms with Crippen LogP contribution in [0.4, 0.5) is 52.7 Å². The quantitative estimate of drug-likeness (QED) is 0.425. The Morgan fingerprint density at radius 3 is 1.37 bits per heavy atom. The fourth-order valence-electron chi connectivity index (χ4n) is 0.939. The molecule has 7 nitrogen and oxygen atoms in total. The molecule has 0 saturated heterocycles. The molecule has 2 N–H and O–H groups in total. The predicted molar refractivity (Wildman–Crippen MR) is 51.0 cm³/mol. The highest BCUT2D eigenvalue weighted by Crippen LogP contribution is 2.53. The van der Waals surface area contributed by atoms with Gasteiger partial charge in [0.05, 0.1) is 0 Å². The van der Waals surface area contributed by atoms with Crippen LogP contribution in [0.15, 0.2) is 0 Å². The number of carboxylic acids is 1. The second kappa shape index (κ2) is 6.51. The van der Waals surface area contributed by atoms with Gasteiger partial charge in [0.2, 0.25) is 0 Å². The zero-order chi connectivity index (χ0) is 22.5. The minimum absolute atomic E-state index is 1.46. The van der Waals surface area contributed by atoms with Crippen LogP contribution in [0.5, 0.6) is 0 Å². The van der Waals surface area contributed by atoms with Crippen molar-refractivity contribution >= 4 is 16.1 Å². The Hall–Kier alpha value is -1.54. The van der Waals surface area contributed by atoms with Crippen LogP contribution in [0.25, 0.3) is 0 Å². The molecular formula is C7H2F12O7S. The summed E-state index contributed by atoms with van der Waals surface area (Å²) < 4.78 is 184. The smallest absolute Gasteiger partial charge is 0.460 e. The van der Waals surface area contributed by atoms with Gasteiger partial charge < -0.3 is 5.11 Å². The number of hydrogen-bond donors (Lipinski definition) is 2. The van der Waals surface area contributed by atoms with E-state index in [9.17, 15) is 65.9 Å². The van der Waals surface area contributed by atoms with E-state index in [0.29, 0.717) is 0 Å². The lowest BCUT2D eigenvalue weighted by molar-refractivity contribution is -0.531. The maximum Gasteiger partial charge on any atom is 0.460 e. The summed E-state index contributed by atoms with van der Waals surface area (Å²) in [6.45, 7) is 0. The van der Waals surface area contributed by atoms with Crippen LogP contribution in [0.3, 0.4) is 0 Å². The third-order valence-corrected chi connectivity index (χ3v) is 3.06. The average molecular weight is 458 g/mol. The van der Waals surface area contributed by atoms with E-state index in [1.54, 1.807) is 4.74 Å². The maximum atomic E-state index is 13.4. The van der Waals surface area contributed by atoms with Crippen LogP contribution >= 0.6 is 0 Å². The lowest BCUT2D eigenvalue weighted by Gasteiger charge is -2.37. The van der Waals surface area contributed by atoms with Crippen molar-refractivity contribution in [2.24, 2.45) is 0 Å². The fraction of sp³-hybridized carbons (Fsp3) is 0.857. The Bertz CT molecular complexity index is 685. The first-order chi connectivity index (χ1) is 11.4. The number of hydrogen-bond acceptors (Lipinski definition) is 5. The molecule has 0 aromatic rings. The van der Waals surface area contributed by atoms with Gasteiger partial charge in [0.1, 0.15) is 0 Å². The molecule has 0 rings (SSSR count). The third-order valence-electron chi connectivity index (χ3n) is 2.18. The predicted octanol–water partition coefficient (Wildman–Crippen LogP) is 2.59. The zero-order valence-corrected chi connectivity index (χ0v) is 12.2. The first-order valence-corrected chi connectivity index (χ1v) is 6.67. The van der Waals surface area contributed by atoms with Crippen LogP contribution in [-0.4, -0.2) is 59.7 Å². The van der Waals surface area contributed by atoms with E-state index in [4.69, 9.17) is 9.66 Å². The highest BCUT2D eigenvalue weighted by Gasteiger charge is 2.83. The van der Waals surface area contributed by atoms with E-state index in [2.05, 4.69) is 0 Å². The van der Waals surface area contributed by atoms with Gasteiger partial charge in [-0.05, 0) is 0 Å². The molecule has 1 atom stereocenters. The number of carboxylic acid groups (broad SMARTS) is 1. The molecule has 0 spiro atoms. The first kappa shape index (κ1) is 25.5. The van der Waals surface area contributed by atoms with Gasteiger partial charge >= 0.3 is 51.7 Å². The van der Waals surface area contributed by atoms with Crippen LogP contribution in [0.2, 0.25) is 0 Å². The molecule has 27 heavy (non-hydrogen) atoms. The largest absolute Gasteiger partial charge is 0.475 e. The maximum absolute atomic E-state index is 13.4. The van der Waals surface area contributed by atoms with E-state index in [-0.39, 0.29) is 0 Å². The average Bonchev–Trinajstić information content (AvgIpc) is 2.33. The normalized spacial score (nSPS) is 17.5. The van der Waals surface area contributed by atoms with E-state index in [0.717, 1.165) is 0 Å². The number of alkyl halides is 12. The van der Waals surface area contributed by atoms with Gasteiger partial charge in [0, 0.05) is 0 Å². The zero-order valence-electron chi connectivity index (χ0n) is 11.4.